The minimum Gasteiger partial charge on any atom is -0.490 e. The number of halogens is 18. The fourth-order valence-corrected chi connectivity index (χ4v) is 7.05. The van der Waals surface area contributed by atoms with Crippen LogP contribution < -0.4 is 14.0 Å². The highest BCUT2D eigenvalue weighted by Gasteiger charge is 2.56. The molecule has 0 aromatic heterocycles. The second kappa shape index (κ2) is 20.1. The molecule has 0 radical (unpaired) electrons. The lowest BCUT2D eigenvalue weighted by Crippen LogP contribution is -2.64. The fraction of sp³-hybridized carbons (Fsp3) is 0.550. The van der Waals surface area contributed by atoms with Crippen molar-refractivity contribution in [1.82, 2.24) is 0 Å². The Morgan fingerprint density at radius 2 is 0.766 bits per heavy atom. The van der Waals surface area contributed by atoms with Gasteiger partial charge in [-0.1, -0.05) is 40.0 Å². The van der Waals surface area contributed by atoms with Crippen molar-refractivity contribution in [3.63, 3.8) is 0 Å². The van der Waals surface area contributed by atoms with Gasteiger partial charge in [0.1, 0.15) is 17.2 Å². The van der Waals surface area contributed by atoms with Crippen molar-refractivity contribution in [3.8, 4) is 17.2 Å². The Hall–Kier alpha value is -4.22. The molecule has 1 unspecified atom stereocenters. The average Bonchev–Trinajstić information content (AvgIpc) is 3.15. The van der Waals surface area contributed by atoms with Crippen LogP contribution in [0.15, 0.2) is 48.5 Å². The van der Waals surface area contributed by atoms with Crippen molar-refractivity contribution >= 4 is 7.32 Å². The number of hydrogen-bond donors (Lipinski definition) is 0. The van der Waals surface area contributed by atoms with Crippen LogP contribution in [0.3, 0.4) is 0 Å². The summed E-state index contributed by atoms with van der Waals surface area (Å²) in [5.41, 5.74) is -16.3. The van der Waals surface area contributed by atoms with Gasteiger partial charge in [-0.05, 0) is 74.7 Å². The van der Waals surface area contributed by atoms with Gasteiger partial charge in [-0.25, -0.2) is 0 Å². The van der Waals surface area contributed by atoms with Gasteiger partial charge >= 0.3 is 44.4 Å². The topological polar surface area (TPSA) is 36.9 Å². The van der Waals surface area contributed by atoms with E-state index in [1.54, 1.807) is 20.8 Å². The Bertz CT molecular complexity index is 1840. The molecule has 3 aromatic carbocycles. The second-order valence-corrected chi connectivity index (χ2v) is 14.8. The van der Waals surface area contributed by atoms with E-state index in [1.165, 1.54) is 6.92 Å². The van der Waals surface area contributed by atoms with Gasteiger partial charge in [-0.3, -0.25) is 4.48 Å². The quantitative estimate of drug-likeness (QED) is 0.0519. The Kier molecular flexibility index (Phi) is 17.0. The van der Waals surface area contributed by atoms with Gasteiger partial charge in [0.2, 0.25) is 5.72 Å². The minimum absolute atomic E-state index is 0.0100. The molecule has 24 heteroatoms. The number of rotatable bonds is 19. The molecule has 0 saturated carbocycles. The molecule has 5 nitrogen and oxygen atoms in total. The number of hydrogen-bond acceptors (Lipinski definition) is 4. The van der Waals surface area contributed by atoms with Crippen LogP contribution in [-0.2, 0) is 47.5 Å². The van der Waals surface area contributed by atoms with Gasteiger partial charge in [0.15, 0.2) is 0 Å². The lowest BCUT2D eigenvalue weighted by atomic mass is 9.89. The van der Waals surface area contributed by atoms with Gasteiger partial charge in [0.25, 0.3) is 0 Å². The first-order valence-electron chi connectivity index (χ1n) is 19.6. The second-order valence-electron chi connectivity index (χ2n) is 14.8. The molecule has 360 valence electrons. The maximum atomic E-state index is 15.4. The van der Waals surface area contributed by atoms with Crippen LogP contribution in [0.1, 0.15) is 112 Å². The SMILES string of the molecule is CCCC[N+](CCCC)(CCCC)C(C)(OCC)c1c(OB(Oc2cc(C(F)(F)F)cc(C(F)(F)F)c2)Oc2cc(C(F)(F)F)cc(C(F)(F)F)c2)cc(C(F)(F)F)cc1C(F)(F)F. The molecule has 0 bridgehead atoms. The maximum absolute atomic E-state index is 15.4. The van der Waals surface area contributed by atoms with E-state index in [0.717, 1.165) is 6.92 Å². The summed E-state index contributed by atoms with van der Waals surface area (Å²) in [6.45, 7) is 7.22. The van der Waals surface area contributed by atoms with Crippen LogP contribution in [0.4, 0.5) is 79.0 Å². The predicted molar refractivity (Wildman–Crippen MR) is 196 cm³/mol. The normalized spacial score (nSPS) is 14.4. The summed E-state index contributed by atoms with van der Waals surface area (Å²) in [5.74, 6) is -4.78. The van der Waals surface area contributed by atoms with Gasteiger partial charge in [-0.15, -0.1) is 0 Å². The molecule has 0 saturated heterocycles. The van der Waals surface area contributed by atoms with Crippen molar-refractivity contribution in [3.05, 3.63) is 87.5 Å². The molecule has 0 amide bonds. The first kappa shape index (κ1) is 54.1. The molecule has 1 atom stereocenters. The third-order valence-electron chi connectivity index (χ3n) is 10.2. The third kappa shape index (κ3) is 13.4. The summed E-state index contributed by atoms with van der Waals surface area (Å²) >= 11 is 0. The predicted octanol–water partition coefficient (Wildman–Crippen LogP) is 14.7. The highest BCUT2D eigenvalue weighted by atomic mass is 19.4. The van der Waals surface area contributed by atoms with E-state index in [2.05, 4.69) is 0 Å². The molecule has 0 aliphatic rings. The molecular weight excluding hydrogens is 911 g/mol. The zero-order valence-electron chi connectivity index (χ0n) is 34.7. The zero-order chi connectivity index (χ0) is 48.9. The Morgan fingerprint density at radius 1 is 0.438 bits per heavy atom. The van der Waals surface area contributed by atoms with Crippen LogP contribution in [0.25, 0.3) is 0 Å². The van der Waals surface area contributed by atoms with Crippen LogP contribution in [-0.4, -0.2) is 38.0 Å². The summed E-state index contributed by atoms with van der Waals surface area (Å²) < 4.78 is 278. The van der Waals surface area contributed by atoms with Crippen LogP contribution in [0.5, 0.6) is 17.2 Å². The molecule has 0 spiro atoms. The molecule has 0 fully saturated rings. The lowest BCUT2D eigenvalue weighted by Gasteiger charge is -2.52. The van der Waals surface area contributed by atoms with Crippen LogP contribution in [0, 0.1) is 0 Å². The Labute approximate surface area is 356 Å². The molecule has 3 rings (SSSR count). The van der Waals surface area contributed by atoms with Crippen molar-refractivity contribution in [2.45, 2.75) is 116 Å². The monoisotopic (exact) mass is 954 g/mol. The Morgan fingerprint density at radius 3 is 1.05 bits per heavy atom. The number of alkyl halides is 18. The van der Waals surface area contributed by atoms with E-state index in [9.17, 15) is 65.9 Å². The van der Waals surface area contributed by atoms with E-state index in [1.807, 2.05) is 0 Å². The van der Waals surface area contributed by atoms with E-state index in [-0.39, 0.29) is 75.3 Å². The lowest BCUT2D eigenvalue weighted by molar-refractivity contribution is -1.01. The molecule has 64 heavy (non-hydrogen) atoms. The molecule has 0 N–H and O–H groups in total. The van der Waals surface area contributed by atoms with E-state index < -0.39 is 130 Å². The number of quaternary nitrogens is 1. The number of nitrogens with zero attached hydrogens (tertiary/aromatic N) is 1. The minimum atomic E-state index is -5.74. The van der Waals surface area contributed by atoms with E-state index in [4.69, 9.17) is 18.7 Å². The zero-order valence-corrected chi connectivity index (χ0v) is 34.7. The number of unbranched alkanes of at least 4 members (excludes halogenated alkanes) is 3. The Balaban J connectivity index is 2.64. The first-order chi connectivity index (χ1) is 29.2. The molecular formula is C40H43BF18NO4+. The highest BCUT2D eigenvalue weighted by molar-refractivity contribution is 6.39. The molecule has 0 aliphatic heterocycles. The summed E-state index contributed by atoms with van der Waals surface area (Å²) in [6.07, 6.45) is -31.7. The summed E-state index contributed by atoms with van der Waals surface area (Å²) in [4.78, 5) is 0. The van der Waals surface area contributed by atoms with Crippen molar-refractivity contribution in [2.24, 2.45) is 0 Å². The molecule has 0 heterocycles. The fourth-order valence-electron chi connectivity index (χ4n) is 7.05. The summed E-state index contributed by atoms with van der Waals surface area (Å²) in [5, 5.41) is 0. The van der Waals surface area contributed by atoms with Gasteiger partial charge in [-0.2, -0.15) is 79.0 Å². The highest BCUT2D eigenvalue weighted by Crippen LogP contribution is 2.51. The van der Waals surface area contributed by atoms with Gasteiger partial charge in [0, 0.05) is 6.92 Å². The summed E-state index contributed by atoms with van der Waals surface area (Å²) in [7, 11) is -3.34. The molecule has 0 aliphatic carbocycles. The van der Waals surface area contributed by atoms with Gasteiger partial charge < -0.3 is 18.7 Å². The summed E-state index contributed by atoms with van der Waals surface area (Å²) in [6, 6.07) is -1.84. The smallest absolute Gasteiger partial charge is 0.490 e. The largest absolute Gasteiger partial charge is 0.864 e. The third-order valence-corrected chi connectivity index (χ3v) is 10.2. The van der Waals surface area contributed by atoms with Crippen molar-refractivity contribution in [1.29, 1.82) is 0 Å². The van der Waals surface area contributed by atoms with Gasteiger partial charge in [0.05, 0.1) is 65.2 Å². The van der Waals surface area contributed by atoms with Crippen LogP contribution in [0.2, 0.25) is 0 Å². The first-order valence-corrected chi connectivity index (χ1v) is 19.6. The standard InChI is InChI=1S/C40H43BF18NO4/c1-6-10-13-60(14-11-7-2,15-12-8-3)34(5,61-9-4)33-31(40(57,58)59)22-28(39(54,55)56)23-32(33)64-41(62-29-18-24(35(42,43)44)16-25(19-29)36(45,46)47)63-30-20-26(37(48,49)50)17-27(21-30)38(51,52)53/h16-23H,6-15H2,1-5H3/q+1. The molecule has 3 aromatic rings. The van der Waals surface area contributed by atoms with E-state index >= 15 is 13.2 Å². The van der Waals surface area contributed by atoms with Crippen molar-refractivity contribution < 1.29 is 102 Å². The van der Waals surface area contributed by atoms with E-state index in [0.29, 0.717) is 19.3 Å². The average molecular weight is 955 g/mol. The van der Waals surface area contributed by atoms with Crippen LogP contribution >= 0.6 is 0 Å². The number of benzene rings is 3. The van der Waals surface area contributed by atoms with Crippen molar-refractivity contribution in [2.75, 3.05) is 26.2 Å². The number of ether oxygens (including phenoxy) is 1. The maximum Gasteiger partial charge on any atom is 0.864 e.